The van der Waals surface area contributed by atoms with E-state index >= 15 is 0 Å². The van der Waals surface area contributed by atoms with E-state index in [1.165, 1.54) is 4.31 Å². The fourth-order valence-corrected chi connectivity index (χ4v) is 5.48. The van der Waals surface area contributed by atoms with Gasteiger partial charge in [-0.25, -0.2) is 8.42 Å². The van der Waals surface area contributed by atoms with Gasteiger partial charge in [-0.15, -0.1) is 0 Å². The number of piperidine rings is 1. The van der Waals surface area contributed by atoms with Crippen LogP contribution in [0.4, 0.5) is 5.69 Å². The molecule has 2 aromatic rings. The number of nitrogens with one attached hydrogen (secondary N) is 1. The molecule has 0 radical (unpaired) electrons. The maximum absolute atomic E-state index is 13.4. The molecule has 2 heterocycles. The second-order valence-corrected chi connectivity index (χ2v) is 9.82. The van der Waals surface area contributed by atoms with Gasteiger partial charge in [0.25, 0.3) is 0 Å². The third-order valence-corrected chi connectivity index (χ3v) is 7.39. The molecule has 1 atom stereocenters. The van der Waals surface area contributed by atoms with E-state index in [0.717, 1.165) is 17.7 Å². The van der Waals surface area contributed by atoms with Crippen molar-refractivity contribution in [2.75, 3.05) is 32.5 Å². The number of hydrogen-bond donors (Lipinski definition) is 1. The van der Waals surface area contributed by atoms with Gasteiger partial charge in [0, 0.05) is 45.1 Å². The Morgan fingerprint density at radius 2 is 2.10 bits per heavy atom. The van der Waals surface area contributed by atoms with Crippen LogP contribution in [-0.4, -0.2) is 55.9 Å². The van der Waals surface area contributed by atoms with Crippen molar-refractivity contribution in [2.24, 2.45) is 5.92 Å². The van der Waals surface area contributed by atoms with Gasteiger partial charge in [-0.2, -0.15) is 4.31 Å². The Morgan fingerprint density at radius 1 is 1.35 bits per heavy atom. The summed E-state index contributed by atoms with van der Waals surface area (Å²) in [7, 11) is -0.189. The molecule has 9 heteroatoms. The highest BCUT2D eigenvalue weighted by molar-refractivity contribution is 7.89. The predicted octanol–water partition coefficient (Wildman–Crippen LogP) is 3.12. The predicted molar refractivity (Wildman–Crippen MR) is 120 cm³/mol. The summed E-state index contributed by atoms with van der Waals surface area (Å²) in [5.74, 6) is -0.389. The van der Waals surface area contributed by atoms with Gasteiger partial charge in [0.05, 0.1) is 5.92 Å². The number of nitrogens with zero attached hydrogens (tertiary/aromatic N) is 3. The Labute approximate surface area is 183 Å². The second-order valence-electron chi connectivity index (χ2n) is 7.94. The first-order chi connectivity index (χ1) is 14.7. The van der Waals surface area contributed by atoms with Crippen molar-refractivity contribution in [3.8, 4) is 0 Å². The van der Waals surface area contributed by atoms with Crippen molar-refractivity contribution in [1.82, 2.24) is 14.4 Å². The molecular formula is C22H30N4O4S. The SMILES string of the molecule is CCc1ccccc1NC(=O)[C@H]1CCCN(S(=O)(=O)c2c(C)noc2/C=C/N(C)C)C1. The molecule has 1 aliphatic rings. The van der Waals surface area contributed by atoms with Crippen LogP contribution in [0.25, 0.3) is 6.08 Å². The first-order valence-electron chi connectivity index (χ1n) is 10.4. The van der Waals surface area contributed by atoms with Crippen molar-refractivity contribution in [3.63, 3.8) is 0 Å². The lowest BCUT2D eigenvalue weighted by atomic mass is 9.98. The van der Waals surface area contributed by atoms with Gasteiger partial charge in [0.1, 0.15) is 5.69 Å². The number of carbonyl (C=O) groups is 1. The van der Waals surface area contributed by atoms with Crippen molar-refractivity contribution in [3.05, 3.63) is 47.5 Å². The van der Waals surface area contributed by atoms with E-state index in [1.54, 1.807) is 24.1 Å². The first kappa shape index (κ1) is 23.0. The lowest BCUT2D eigenvalue weighted by Crippen LogP contribution is -2.44. The normalized spacial score (nSPS) is 17.7. The third-order valence-electron chi connectivity index (χ3n) is 5.37. The quantitative estimate of drug-likeness (QED) is 0.702. The van der Waals surface area contributed by atoms with Gasteiger partial charge in [-0.05, 0) is 37.8 Å². The standard InChI is InChI=1S/C22H30N4O4S/c1-5-17-9-6-7-11-19(17)23-22(27)18-10-8-13-26(15-18)31(28,29)21-16(2)24-30-20(21)12-14-25(3)4/h6-7,9,11-12,14,18H,5,8,10,13,15H2,1-4H3,(H,23,27)/b14-12+/t18-/m0/s1. The number of hydrogen-bond acceptors (Lipinski definition) is 6. The van der Waals surface area contributed by atoms with Crippen LogP contribution in [0.5, 0.6) is 0 Å². The maximum atomic E-state index is 13.4. The van der Waals surface area contributed by atoms with Crippen molar-refractivity contribution >= 4 is 27.7 Å². The van der Waals surface area contributed by atoms with Crippen LogP contribution in [0.15, 0.2) is 39.9 Å². The minimum atomic E-state index is -3.85. The fraction of sp³-hybridized carbons (Fsp3) is 0.455. The number of rotatable bonds is 7. The number of benzene rings is 1. The van der Waals surface area contributed by atoms with Crippen LogP contribution >= 0.6 is 0 Å². The Bertz CT molecular complexity index is 1060. The van der Waals surface area contributed by atoms with E-state index in [0.29, 0.717) is 25.1 Å². The topological polar surface area (TPSA) is 95.8 Å². The summed E-state index contributed by atoms with van der Waals surface area (Å²) in [4.78, 5) is 14.8. The highest BCUT2D eigenvalue weighted by Gasteiger charge is 2.37. The average Bonchev–Trinajstić information content (AvgIpc) is 3.14. The van der Waals surface area contributed by atoms with Gasteiger partial charge >= 0.3 is 0 Å². The van der Waals surface area contributed by atoms with Crippen molar-refractivity contribution in [2.45, 2.75) is 38.0 Å². The van der Waals surface area contributed by atoms with E-state index in [4.69, 9.17) is 4.52 Å². The van der Waals surface area contributed by atoms with Crippen molar-refractivity contribution < 1.29 is 17.7 Å². The number of para-hydroxylation sites is 1. The molecule has 31 heavy (non-hydrogen) atoms. The molecule has 8 nitrogen and oxygen atoms in total. The van der Waals surface area contributed by atoms with Crippen LogP contribution < -0.4 is 5.32 Å². The maximum Gasteiger partial charge on any atom is 0.248 e. The summed E-state index contributed by atoms with van der Waals surface area (Å²) in [5, 5.41) is 6.84. The third kappa shape index (κ3) is 5.16. The van der Waals surface area contributed by atoms with E-state index in [1.807, 2.05) is 45.3 Å². The Morgan fingerprint density at radius 3 is 2.81 bits per heavy atom. The molecule has 3 rings (SSSR count). The average molecular weight is 447 g/mol. The molecule has 168 valence electrons. The summed E-state index contributed by atoms with van der Waals surface area (Å²) in [6, 6.07) is 7.67. The molecule has 0 aliphatic carbocycles. The van der Waals surface area contributed by atoms with Crippen LogP contribution in [0.3, 0.4) is 0 Å². The highest BCUT2D eigenvalue weighted by Crippen LogP contribution is 2.29. The van der Waals surface area contributed by atoms with Crippen LogP contribution in [0, 0.1) is 12.8 Å². The van der Waals surface area contributed by atoms with Crippen molar-refractivity contribution in [1.29, 1.82) is 0 Å². The number of amides is 1. The molecule has 1 aromatic carbocycles. The van der Waals surface area contributed by atoms with Gasteiger partial charge in [0.15, 0.2) is 10.7 Å². The lowest BCUT2D eigenvalue weighted by molar-refractivity contribution is -0.120. The summed E-state index contributed by atoms with van der Waals surface area (Å²) in [6.07, 6.45) is 5.35. The zero-order valence-electron chi connectivity index (χ0n) is 18.5. The molecule has 0 spiro atoms. The molecule has 1 fully saturated rings. The second kappa shape index (κ2) is 9.65. The summed E-state index contributed by atoms with van der Waals surface area (Å²) in [6.45, 7) is 4.13. The van der Waals surface area contributed by atoms with E-state index in [2.05, 4.69) is 10.5 Å². The van der Waals surface area contributed by atoms with Gasteiger partial charge in [0.2, 0.25) is 15.9 Å². The summed E-state index contributed by atoms with van der Waals surface area (Å²) < 4.78 is 33.4. The van der Waals surface area contributed by atoms with Gasteiger partial charge in [-0.3, -0.25) is 4.79 Å². The Hall–Kier alpha value is -2.65. The highest BCUT2D eigenvalue weighted by atomic mass is 32.2. The number of aryl methyl sites for hydroxylation is 2. The van der Waals surface area contributed by atoms with Gasteiger partial charge in [-0.1, -0.05) is 30.3 Å². The monoisotopic (exact) mass is 446 g/mol. The molecular weight excluding hydrogens is 416 g/mol. The Balaban J connectivity index is 1.80. The Kier molecular flexibility index (Phi) is 7.17. The minimum absolute atomic E-state index is 0.0583. The number of sulfonamides is 1. The smallest absolute Gasteiger partial charge is 0.248 e. The van der Waals surface area contributed by atoms with E-state index in [9.17, 15) is 13.2 Å². The van der Waals surface area contributed by atoms with Crippen LogP contribution in [0.2, 0.25) is 0 Å². The number of anilines is 1. The molecule has 0 unspecified atom stereocenters. The molecule has 0 bridgehead atoms. The zero-order valence-corrected chi connectivity index (χ0v) is 19.3. The molecule has 1 aliphatic heterocycles. The molecule has 1 saturated heterocycles. The minimum Gasteiger partial charge on any atom is -0.383 e. The summed E-state index contributed by atoms with van der Waals surface area (Å²) >= 11 is 0. The van der Waals surface area contributed by atoms with Crippen LogP contribution in [0.1, 0.15) is 36.8 Å². The molecule has 1 N–H and O–H groups in total. The molecule has 1 amide bonds. The van der Waals surface area contributed by atoms with E-state index < -0.39 is 15.9 Å². The largest absolute Gasteiger partial charge is 0.383 e. The lowest BCUT2D eigenvalue weighted by Gasteiger charge is -2.31. The van der Waals surface area contributed by atoms with Crippen LogP contribution in [-0.2, 0) is 21.2 Å². The summed E-state index contributed by atoms with van der Waals surface area (Å²) in [5.41, 5.74) is 2.14. The number of carbonyl (C=O) groups excluding carboxylic acids is 1. The first-order valence-corrected chi connectivity index (χ1v) is 11.9. The van der Waals surface area contributed by atoms with Gasteiger partial charge < -0.3 is 14.7 Å². The zero-order chi connectivity index (χ0) is 22.6. The fourth-order valence-electron chi connectivity index (χ4n) is 3.70. The number of aromatic nitrogens is 1. The van der Waals surface area contributed by atoms with E-state index in [-0.39, 0.29) is 23.1 Å². The molecule has 1 aromatic heterocycles. The molecule has 0 saturated carbocycles.